The van der Waals surface area contributed by atoms with Crippen molar-refractivity contribution in [2.45, 2.75) is 38.8 Å². The summed E-state index contributed by atoms with van der Waals surface area (Å²) < 4.78 is 5.13. The van der Waals surface area contributed by atoms with Gasteiger partial charge in [0.05, 0.1) is 13.2 Å². The molecule has 2 unspecified atom stereocenters. The first-order valence-electron chi connectivity index (χ1n) is 6.00. The molecule has 0 saturated heterocycles. The fraction of sp³-hybridized carbons (Fsp3) is 0.467. The van der Waals surface area contributed by atoms with E-state index in [0.717, 1.165) is 18.6 Å². The minimum absolute atomic E-state index is 0.140. The number of benzene rings is 1. The molecule has 0 spiro atoms. The summed E-state index contributed by atoms with van der Waals surface area (Å²) in [6.45, 7) is 4.17. The maximum atomic E-state index is 5.33. The van der Waals surface area contributed by atoms with Crippen molar-refractivity contribution < 1.29 is 4.74 Å². The van der Waals surface area contributed by atoms with Crippen LogP contribution in [0.25, 0.3) is 0 Å². The third-order valence-electron chi connectivity index (χ3n) is 2.81. The normalized spacial score (nSPS) is 13.8. The first kappa shape index (κ1) is 13.6. The van der Waals surface area contributed by atoms with E-state index in [1.54, 1.807) is 7.11 Å². The summed E-state index contributed by atoms with van der Waals surface area (Å²) in [6.07, 6.45) is 7.47. The topological polar surface area (TPSA) is 21.3 Å². The largest absolute Gasteiger partial charge is 0.497 e. The number of hydrogen-bond donors (Lipinski definition) is 1. The first-order valence-corrected chi connectivity index (χ1v) is 6.00. The standard InChI is InChI=1S/C15H21NO/c1-5-12(2)16-13(3)6-7-14-8-10-15(17-4)11-9-14/h1,8-13,16H,6-7H2,2-4H3. The fourth-order valence-corrected chi connectivity index (χ4v) is 1.73. The second-order valence-corrected chi connectivity index (χ2v) is 4.34. The van der Waals surface area contributed by atoms with Gasteiger partial charge in [-0.1, -0.05) is 18.1 Å². The zero-order valence-electron chi connectivity index (χ0n) is 10.9. The summed E-state index contributed by atoms with van der Waals surface area (Å²) in [5.74, 6) is 3.59. The molecule has 0 fully saturated rings. The van der Waals surface area contributed by atoms with Crippen molar-refractivity contribution in [3.05, 3.63) is 29.8 Å². The van der Waals surface area contributed by atoms with Crippen LogP contribution in [0, 0.1) is 12.3 Å². The molecular formula is C15H21NO. The lowest BCUT2D eigenvalue weighted by atomic mass is 10.1. The first-order chi connectivity index (χ1) is 8.15. The molecule has 1 N–H and O–H groups in total. The molecule has 0 amide bonds. The Kier molecular flexibility index (Phi) is 5.59. The molecule has 2 nitrogen and oxygen atoms in total. The molecule has 0 saturated carbocycles. The van der Waals surface area contributed by atoms with Crippen molar-refractivity contribution in [2.24, 2.45) is 0 Å². The van der Waals surface area contributed by atoms with Gasteiger partial charge in [-0.2, -0.15) is 0 Å². The summed E-state index contributed by atoms with van der Waals surface area (Å²) in [5.41, 5.74) is 1.33. The second kappa shape index (κ2) is 6.98. The number of hydrogen-bond acceptors (Lipinski definition) is 2. The van der Waals surface area contributed by atoms with Crippen LogP contribution in [0.3, 0.4) is 0 Å². The van der Waals surface area contributed by atoms with Gasteiger partial charge in [-0.3, -0.25) is 0 Å². The maximum absolute atomic E-state index is 5.33. The molecule has 0 radical (unpaired) electrons. The molecule has 17 heavy (non-hydrogen) atoms. The van der Waals surface area contributed by atoms with Crippen LogP contribution in [0.1, 0.15) is 25.8 Å². The summed E-state index contributed by atoms with van der Waals surface area (Å²) in [4.78, 5) is 0. The quantitative estimate of drug-likeness (QED) is 0.760. The molecule has 0 aliphatic heterocycles. The Balaban J connectivity index is 2.37. The summed E-state index contributed by atoms with van der Waals surface area (Å²) in [7, 11) is 1.68. The lowest BCUT2D eigenvalue weighted by molar-refractivity contribution is 0.414. The van der Waals surface area contributed by atoms with Crippen LogP contribution in [0.5, 0.6) is 5.75 Å². The third-order valence-corrected chi connectivity index (χ3v) is 2.81. The van der Waals surface area contributed by atoms with Crippen LogP contribution in [0.4, 0.5) is 0 Å². The monoisotopic (exact) mass is 231 g/mol. The molecule has 0 aliphatic carbocycles. The Hall–Kier alpha value is -1.46. The molecule has 0 bridgehead atoms. The van der Waals surface area contributed by atoms with Crippen molar-refractivity contribution in [1.82, 2.24) is 5.32 Å². The number of aryl methyl sites for hydroxylation is 1. The molecule has 0 aliphatic rings. The van der Waals surface area contributed by atoms with Crippen LogP contribution < -0.4 is 10.1 Å². The molecule has 2 atom stereocenters. The van der Waals surface area contributed by atoms with Crippen molar-refractivity contribution in [1.29, 1.82) is 0 Å². The second-order valence-electron chi connectivity index (χ2n) is 4.34. The Labute approximate surface area is 104 Å². The van der Waals surface area contributed by atoms with E-state index < -0.39 is 0 Å². The summed E-state index contributed by atoms with van der Waals surface area (Å²) in [6, 6.07) is 8.78. The van der Waals surface area contributed by atoms with Crippen molar-refractivity contribution >= 4 is 0 Å². The number of nitrogens with one attached hydrogen (secondary N) is 1. The van der Waals surface area contributed by atoms with Gasteiger partial charge in [0.15, 0.2) is 0 Å². The van der Waals surface area contributed by atoms with Gasteiger partial charge in [-0.15, -0.1) is 6.42 Å². The highest BCUT2D eigenvalue weighted by Gasteiger charge is 2.05. The Morgan fingerprint density at radius 3 is 2.47 bits per heavy atom. The molecule has 1 aromatic rings. The molecule has 92 valence electrons. The lowest BCUT2D eigenvalue weighted by Crippen LogP contribution is -2.33. The Bertz CT molecular complexity index is 364. The van der Waals surface area contributed by atoms with Crippen molar-refractivity contribution in [3.63, 3.8) is 0 Å². The van der Waals surface area contributed by atoms with Crippen LogP contribution in [0.15, 0.2) is 24.3 Å². The number of ether oxygens (including phenoxy) is 1. The van der Waals surface area contributed by atoms with E-state index in [2.05, 4.69) is 30.3 Å². The number of rotatable bonds is 6. The molecule has 0 aromatic heterocycles. The van der Waals surface area contributed by atoms with E-state index in [-0.39, 0.29) is 6.04 Å². The van der Waals surface area contributed by atoms with Gasteiger partial charge in [0, 0.05) is 6.04 Å². The van der Waals surface area contributed by atoms with Gasteiger partial charge in [0.2, 0.25) is 0 Å². The van der Waals surface area contributed by atoms with E-state index in [1.807, 2.05) is 19.1 Å². The van der Waals surface area contributed by atoms with Crippen LogP contribution in [-0.4, -0.2) is 19.2 Å². The van der Waals surface area contributed by atoms with Crippen molar-refractivity contribution in [3.8, 4) is 18.1 Å². The third kappa shape index (κ3) is 4.93. The Morgan fingerprint density at radius 1 is 1.29 bits per heavy atom. The number of terminal acetylenes is 1. The predicted octanol–water partition coefficient (Wildman–Crippen LogP) is 2.63. The molecule has 0 heterocycles. The smallest absolute Gasteiger partial charge is 0.118 e. The summed E-state index contributed by atoms with van der Waals surface area (Å²) in [5, 5.41) is 3.36. The molecule has 1 rings (SSSR count). The lowest BCUT2D eigenvalue weighted by Gasteiger charge is -2.16. The average molecular weight is 231 g/mol. The average Bonchev–Trinajstić information content (AvgIpc) is 2.36. The van der Waals surface area contributed by atoms with E-state index in [4.69, 9.17) is 11.2 Å². The Morgan fingerprint density at radius 2 is 1.94 bits per heavy atom. The van der Waals surface area contributed by atoms with Gasteiger partial charge in [-0.05, 0) is 44.4 Å². The highest BCUT2D eigenvalue weighted by molar-refractivity contribution is 5.27. The van der Waals surface area contributed by atoms with E-state index in [1.165, 1.54) is 5.56 Å². The van der Waals surface area contributed by atoms with Crippen molar-refractivity contribution in [2.75, 3.05) is 7.11 Å². The van der Waals surface area contributed by atoms with E-state index >= 15 is 0 Å². The zero-order valence-corrected chi connectivity index (χ0v) is 10.9. The van der Waals surface area contributed by atoms with E-state index in [9.17, 15) is 0 Å². The highest BCUT2D eigenvalue weighted by atomic mass is 16.5. The van der Waals surface area contributed by atoms with Gasteiger partial charge in [0.25, 0.3) is 0 Å². The van der Waals surface area contributed by atoms with E-state index in [0.29, 0.717) is 6.04 Å². The summed E-state index contributed by atoms with van der Waals surface area (Å²) >= 11 is 0. The minimum Gasteiger partial charge on any atom is -0.497 e. The number of methoxy groups -OCH3 is 1. The SMILES string of the molecule is C#CC(C)NC(C)CCc1ccc(OC)cc1. The van der Waals surface area contributed by atoms with Gasteiger partial charge in [-0.25, -0.2) is 0 Å². The highest BCUT2D eigenvalue weighted by Crippen LogP contribution is 2.13. The molecule has 1 aromatic carbocycles. The van der Waals surface area contributed by atoms with Crippen LogP contribution >= 0.6 is 0 Å². The molecule has 2 heteroatoms. The molecular weight excluding hydrogens is 210 g/mol. The van der Waals surface area contributed by atoms with Gasteiger partial charge >= 0.3 is 0 Å². The zero-order chi connectivity index (χ0) is 12.7. The van der Waals surface area contributed by atoms with Crippen LogP contribution in [0.2, 0.25) is 0 Å². The van der Waals surface area contributed by atoms with Crippen LogP contribution in [-0.2, 0) is 6.42 Å². The van der Waals surface area contributed by atoms with Gasteiger partial charge < -0.3 is 10.1 Å². The minimum atomic E-state index is 0.140. The maximum Gasteiger partial charge on any atom is 0.118 e. The fourth-order valence-electron chi connectivity index (χ4n) is 1.73. The predicted molar refractivity (Wildman–Crippen MR) is 72.2 cm³/mol. The van der Waals surface area contributed by atoms with Gasteiger partial charge in [0.1, 0.15) is 5.75 Å².